The first-order valence-electron chi connectivity index (χ1n) is 8.05. The molecule has 0 bridgehead atoms. The van der Waals surface area contributed by atoms with E-state index in [9.17, 15) is 20.1 Å². The van der Waals surface area contributed by atoms with Crippen molar-refractivity contribution < 1.29 is 24.8 Å². The van der Waals surface area contributed by atoms with Crippen LogP contribution in [0.4, 0.5) is 5.95 Å². The van der Waals surface area contributed by atoms with Gasteiger partial charge in [-0.15, -0.1) is 6.58 Å². The molecule has 1 aliphatic heterocycles. The minimum absolute atomic E-state index is 0.00926. The first kappa shape index (κ1) is 18.3. The minimum Gasteiger partial charge on any atom is -0.476 e. The number of anilines is 1. The lowest BCUT2D eigenvalue weighted by Gasteiger charge is -2.30. The van der Waals surface area contributed by atoms with Gasteiger partial charge in [-0.05, 0) is 6.92 Å². The maximum Gasteiger partial charge on any atom is 0.333 e. The van der Waals surface area contributed by atoms with E-state index in [0.29, 0.717) is 0 Å². The Bertz CT molecular complexity index is 893. The molecule has 11 nitrogen and oxygen atoms in total. The van der Waals surface area contributed by atoms with Crippen LogP contribution in [0.1, 0.15) is 6.92 Å². The topological polar surface area (TPSA) is 158 Å². The van der Waals surface area contributed by atoms with Crippen LogP contribution in [0.15, 0.2) is 17.4 Å². The van der Waals surface area contributed by atoms with Crippen LogP contribution >= 0.6 is 0 Å². The third-order valence-corrected chi connectivity index (χ3v) is 4.28. The molecule has 2 aromatic heterocycles. The molecule has 0 radical (unpaired) electrons. The average Bonchev–Trinajstić information content (AvgIpc) is 3.04. The molecule has 3 rings (SSSR count). The summed E-state index contributed by atoms with van der Waals surface area (Å²) in [5, 5.41) is 30.2. The van der Waals surface area contributed by atoms with E-state index in [2.05, 4.69) is 16.5 Å². The number of aromatic nitrogens is 4. The molecule has 1 saturated heterocycles. The van der Waals surface area contributed by atoms with Gasteiger partial charge in [0.25, 0.3) is 0 Å². The second kappa shape index (κ2) is 6.68. The van der Waals surface area contributed by atoms with E-state index in [4.69, 9.17) is 15.2 Å². The highest BCUT2D eigenvalue weighted by atomic mass is 16.6. The molecule has 0 saturated carbocycles. The third kappa shape index (κ3) is 2.48. The van der Waals surface area contributed by atoms with Gasteiger partial charge in [-0.25, -0.2) is 9.36 Å². The Kier molecular flexibility index (Phi) is 4.71. The van der Waals surface area contributed by atoms with Crippen LogP contribution in [0, 0.1) is 0 Å². The molecular formula is C15H21N5O6. The molecule has 0 unspecified atom stereocenters. The summed E-state index contributed by atoms with van der Waals surface area (Å²) in [5.41, 5.74) is 3.41. The number of nitrogen functional groups attached to an aromatic ring is 1. The summed E-state index contributed by atoms with van der Waals surface area (Å²) in [6.45, 7) is 4.69. The number of hydrogen-bond donors (Lipinski definition) is 4. The molecule has 5 N–H and O–H groups in total. The van der Waals surface area contributed by atoms with Crippen molar-refractivity contribution >= 4 is 17.1 Å². The maximum atomic E-state index is 13.1. The zero-order valence-corrected chi connectivity index (χ0v) is 14.2. The summed E-state index contributed by atoms with van der Waals surface area (Å²) in [6, 6.07) is 0. The second-order valence-corrected chi connectivity index (χ2v) is 5.84. The van der Waals surface area contributed by atoms with Crippen molar-refractivity contribution in [3.63, 3.8) is 0 Å². The molecule has 0 aliphatic carbocycles. The quantitative estimate of drug-likeness (QED) is 0.430. The van der Waals surface area contributed by atoms with Gasteiger partial charge in [0.05, 0.1) is 19.8 Å². The van der Waals surface area contributed by atoms with Crippen LogP contribution in [0.3, 0.4) is 0 Å². The first-order valence-corrected chi connectivity index (χ1v) is 8.05. The van der Waals surface area contributed by atoms with Crippen molar-refractivity contribution in [1.29, 1.82) is 0 Å². The van der Waals surface area contributed by atoms with Gasteiger partial charge in [0.2, 0.25) is 17.6 Å². The van der Waals surface area contributed by atoms with E-state index in [-0.39, 0.29) is 42.8 Å². The summed E-state index contributed by atoms with van der Waals surface area (Å²) in [5.74, 6) is -0.0830. The van der Waals surface area contributed by atoms with E-state index in [1.807, 2.05) is 0 Å². The largest absolute Gasteiger partial charge is 0.476 e. The highest BCUT2D eigenvalue weighted by Crippen LogP contribution is 2.34. The molecule has 11 heteroatoms. The molecule has 3 heterocycles. The Balaban J connectivity index is 2.41. The number of nitrogens with zero attached hydrogens (tertiary/aromatic N) is 4. The van der Waals surface area contributed by atoms with Gasteiger partial charge in [0, 0.05) is 6.54 Å². The van der Waals surface area contributed by atoms with E-state index in [0.717, 1.165) is 4.57 Å². The number of ether oxygens (including phenoxy) is 2. The van der Waals surface area contributed by atoms with Gasteiger partial charge in [-0.2, -0.15) is 9.97 Å². The number of hydrogen-bond acceptors (Lipinski definition) is 9. The number of nitrogens with two attached hydrogens (primary N) is 1. The normalized spacial score (nSPS) is 25.7. The van der Waals surface area contributed by atoms with Crippen LogP contribution in [0.2, 0.25) is 0 Å². The molecule has 0 aromatic carbocycles. The fourth-order valence-corrected chi connectivity index (χ4v) is 3.13. The zero-order chi connectivity index (χ0) is 19.1. The van der Waals surface area contributed by atoms with Crippen molar-refractivity contribution in [1.82, 2.24) is 19.1 Å². The average molecular weight is 367 g/mol. The Morgan fingerprint density at radius 2 is 2.23 bits per heavy atom. The molecule has 1 fully saturated rings. The van der Waals surface area contributed by atoms with Crippen molar-refractivity contribution in [2.45, 2.75) is 31.4 Å². The van der Waals surface area contributed by atoms with Crippen LogP contribution in [0.5, 0.6) is 5.88 Å². The highest BCUT2D eigenvalue weighted by molar-refractivity contribution is 5.79. The summed E-state index contributed by atoms with van der Waals surface area (Å²) >= 11 is 0. The Labute approximate surface area is 147 Å². The predicted octanol–water partition coefficient (Wildman–Crippen LogP) is -1.84. The Morgan fingerprint density at radius 1 is 1.50 bits per heavy atom. The molecule has 3 atom stereocenters. The van der Waals surface area contributed by atoms with E-state index < -0.39 is 30.2 Å². The van der Waals surface area contributed by atoms with Crippen LogP contribution in [-0.4, -0.2) is 66.5 Å². The van der Waals surface area contributed by atoms with Gasteiger partial charge in [0.1, 0.15) is 12.2 Å². The third-order valence-electron chi connectivity index (χ3n) is 4.28. The van der Waals surface area contributed by atoms with Crippen molar-refractivity contribution in [2.24, 2.45) is 0 Å². The molecule has 2 aromatic rings. The number of aliphatic hydroxyl groups is 3. The lowest BCUT2D eigenvalue weighted by atomic mass is 10.1. The number of fused-ring (bicyclic) bond motifs is 1. The number of allylic oxidation sites excluding steroid dienone is 1. The Hall–Kier alpha value is -2.47. The fourth-order valence-electron chi connectivity index (χ4n) is 3.13. The van der Waals surface area contributed by atoms with Gasteiger partial charge in [-0.1, -0.05) is 6.08 Å². The standard InChI is InChI=1S/C15H21N5O6/c1-3-5-19-9-11(17-13(16)18-12(9)25-4-2)20(14(19)24)15(7-21)10(23)8(22)6-26-15/h3,8,10,21-23H,1,4-7H2,2H3,(H2,16,17,18)/t8-,10-,15-/m0/s1. The molecule has 26 heavy (non-hydrogen) atoms. The summed E-state index contributed by atoms with van der Waals surface area (Å²) < 4.78 is 13.2. The number of imidazole rings is 1. The van der Waals surface area contributed by atoms with Gasteiger partial charge in [0.15, 0.2) is 11.2 Å². The molecular weight excluding hydrogens is 346 g/mol. The summed E-state index contributed by atoms with van der Waals surface area (Å²) in [7, 11) is 0. The van der Waals surface area contributed by atoms with Gasteiger partial charge < -0.3 is 30.5 Å². The van der Waals surface area contributed by atoms with Crippen LogP contribution < -0.4 is 16.2 Å². The first-order chi connectivity index (χ1) is 12.4. The second-order valence-electron chi connectivity index (χ2n) is 5.84. The smallest absolute Gasteiger partial charge is 0.333 e. The summed E-state index contributed by atoms with van der Waals surface area (Å²) in [6.07, 6.45) is -1.35. The van der Waals surface area contributed by atoms with E-state index >= 15 is 0 Å². The summed E-state index contributed by atoms with van der Waals surface area (Å²) in [4.78, 5) is 21.2. The zero-order valence-electron chi connectivity index (χ0n) is 14.2. The molecule has 1 aliphatic rings. The molecule has 0 amide bonds. The minimum atomic E-state index is -1.91. The van der Waals surface area contributed by atoms with E-state index in [1.165, 1.54) is 10.6 Å². The predicted molar refractivity (Wildman–Crippen MR) is 90.6 cm³/mol. The van der Waals surface area contributed by atoms with Crippen LogP contribution in [-0.2, 0) is 17.0 Å². The van der Waals surface area contributed by atoms with Crippen molar-refractivity contribution in [2.75, 3.05) is 25.6 Å². The maximum absolute atomic E-state index is 13.1. The number of rotatable bonds is 6. The monoisotopic (exact) mass is 367 g/mol. The van der Waals surface area contributed by atoms with E-state index in [1.54, 1.807) is 6.92 Å². The van der Waals surface area contributed by atoms with Crippen LogP contribution in [0.25, 0.3) is 11.2 Å². The Morgan fingerprint density at radius 3 is 2.77 bits per heavy atom. The number of aliphatic hydroxyl groups excluding tert-OH is 3. The van der Waals surface area contributed by atoms with Gasteiger partial charge >= 0.3 is 5.69 Å². The molecule has 142 valence electrons. The molecule has 0 spiro atoms. The van der Waals surface area contributed by atoms with Crippen molar-refractivity contribution in [3.8, 4) is 5.88 Å². The van der Waals surface area contributed by atoms with Crippen molar-refractivity contribution in [3.05, 3.63) is 23.1 Å². The fraction of sp³-hybridized carbons (Fsp3) is 0.533. The lowest BCUT2D eigenvalue weighted by Crippen LogP contribution is -2.52. The SMILES string of the molecule is C=CCn1c(=O)n([C@@]2(CO)OC[C@H](O)[C@@H]2O)c2nc(N)nc(OCC)c21. The highest BCUT2D eigenvalue weighted by Gasteiger charge is 2.52. The lowest BCUT2D eigenvalue weighted by molar-refractivity contribution is -0.151. The van der Waals surface area contributed by atoms with Gasteiger partial charge in [-0.3, -0.25) is 4.57 Å².